The Morgan fingerprint density at radius 3 is 2.86 bits per heavy atom. The van der Waals surface area contributed by atoms with Gasteiger partial charge in [0.25, 0.3) is 5.91 Å². The van der Waals surface area contributed by atoms with Gasteiger partial charge in [-0.25, -0.2) is 4.52 Å². The molecule has 0 aliphatic carbocycles. The molecule has 0 aromatic carbocycles. The Balaban J connectivity index is 1.57. The fourth-order valence-corrected chi connectivity index (χ4v) is 3.92. The van der Waals surface area contributed by atoms with Gasteiger partial charge in [0.15, 0.2) is 0 Å². The van der Waals surface area contributed by atoms with Gasteiger partial charge in [-0.2, -0.15) is 10.1 Å². The highest BCUT2D eigenvalue weighted by Gasteiger charge is 2.22. The molecule has 1 amide bonds. The lowest BCUT2D eigenvalue weighted by atomic mass is 10.1. The minimum absolute atomic E-state index is 0.0668. The Bertz CT molecular complexity index is 1170. The number of carbonyl (C=O) groups is 1. The third-order valence-corrected chi connectivity index (χ3v) is 5.43. The van der Waals surface area contributed by atoms with Crippen LogP contribution in [0.4, 0.5) is 0 Å². The number of carbonyl (C=O) groups excluding carboxylic acids is 1. The van der Waals surface area contributed by atoms with Crippen LogP contribution in [0.2, 0.25) is 0 Å². The molecule has 0 spiro atoms. The molecule has 28 heavy (non-hydrogen) atoms. The van der Waals surface area contributed by atoms with Gasteiger partial charge in [0, 0.05) is 42.5 Å². The zero-order valence-corrected chi connectivity index (χ0v) is 15.7. The first-order valence-corrected chi connectivity index (χ1v) is 9.54. The standard InChI is InChI=1S/C21H21N5O2/c1-28-19-6-5-15-16(12-22-20(15)24-19)14-7-10-26-18(11-14)17(13-23-26)21(27)25-8-3-2-4-9-25/h5-7,10-13H,2-4,8-9H2,1H3,(H,22,24). The van der Waals surface area contributed by atoms with Crippen molar-refractivity contribution in [1.82, 2.24) is 24.5 Å². The number of amides is 1. The summed E-state index contributed by atoms with van der Waals surface area (Å²) in [6.07, 6.45) is 8.85. The number of likely N-dealkylation sites (tertiary alicyclic amines) is 1. The molecule has 0 unspecified atom stereocenters. The second-order valence-electron chi connectivity index (χ2n) is 7.11. The van der Waals surface area contributed by atoms with E-state index in [9.17, 15) is 4.79 Å². The number of methoxy groups -OCH3 is 1. The van der Waals surface area contributed by atoms with Crippen molar-refractivity contribution in [1.29, 1.82) is 0 Å². The van der Waals surface area contributed by atoms with E-state index < -0.39 is 0 Å². The fraction of sp³-hybridized carbons (Fsp3) is 0.286. The first-order valence-electron chi connectivity index (χ1n) is 9.54. The first-order chi connectivity index (χ1) is 13.7. The molecular formula is C21H21N5O2. The van der Waals surface area contributed by atoms with E-state index in [1.807, 2.05) is 41.6 Å². The molecule has 1 aliphatic rings. The van der Waals surface area contributed by atoms with E-state index in [1.54, 1.807) is 17.8 Å². The second kappa shape index (κ2) is 6.67. The number of ether oxygens (including phenoxy) is 1. The number of aromatic amines is 1. The summed E-state index contributed by atoms with van der Waals surface area (Å²) in [7, 11) is 1.60. The van der Waals surface area contributed by atoms with Gasteiger partial charge in [0.2, 0.25) is 5.88 Å². The molecule has 1 saturated heterocycles. The summed E-state index contributed by atoms with van der Waals surface area (Å²) in [6, 6.07) is 7.87. The summed E-state index contributed by atoms with van der Waals surface area (Å²) in [5, 5.41) is 5.38. The molecule has 4 aromatic rings. The summed E-state index contributed by atoms with van der Waals surface area (Å²) in [5.74, 6) is 0.638. The van der Waals surface area contributed by atoms with E-state index in [1.165, 1.54) is 6.42 Å². The summed E-state index contributed by atoms with van der Waals surface area (Å²) in [4.78, 5) is 22.6. The Morgan fingerprint density at radius 2 is 2.04 bits per heavy atom. The number of rotatable bonds is 3. The molecule has 7 heteroatoms. The second-order valence-corrected chi connectivity index (χ2v) is 7.11. The molecule has 5 rings (SSSR count). The van der Waals surface area contributed by atoms with Crippen molar-refractivity contribution in [3.63, 3.8) is 0 Å². The Labute approximate surface area is 161 Å². The number of piperidine rings is 1. The van der Waals surface area contributed by atoms with Crippen LogP contribution in [0.1, 0.15) is 29.6 Å². The van der Waals surface area contributed by atoms with Gasteiger partial charge >= 0.3 is 0 Å². The molecule has 7 nitrogen and oxygen atoms in total. The van der Waals surface area contributed by atoms with Crippen LogP contribution in [0.3, 0.4) is 0 Å². The highest BCUT2D eigenvalue weighted by atomic mass is 16.5. The molecule has 0 saturated carbocycles. The lowest BCUT2D eigenvalue weighted by molar-refractivity contribution is 0.0726. The highest BCUT2D eigenvalue weighted by Crippen LogP contribution is 2.30. The monoisotopic (exact) mass is 375 g/mol. The normalized spacial score (nSPS) is 14.7. The van der Waals surface area contributed by atoms with Crippen molar-refractivity contribution in [2.75, 3.05) is 20.2 Å². The number of H-pyrrole nitrogens is 1. The summed E-state index contributed by atoms with van der Waals surface area (Å²) in [6.45, 7) is 1.65. The van der Waals surface area contributed by atoms with Crippen LogP contribution < -0.4 is 4.74 Å². The molecule has 0 atom stereocenters. The van der Waals surface area contributed by atoms with Crippen LogP contribution in [0.5, 0.6) is 5.88 Å². The van der Waals surface area contributed by atoms with Crippen LogP contribution in [-0.2, 0) is 0 Å². The Morgan fingerprint density at radius 1 is 1.18 bits per heavy atom. The van der Waals surface area contributed by atoms with E-state index in [4.69, 9.17) is 4.74 Å². The smallest absolute Gasteiger partial charge is 0.257 e. The van der Waals surface area contributed by atoms with Gasteiger partial charge in [-0.05, 0) is 43.0 Å². The van der Waals surface area contributed by atoms with E-state index in [0.717, 1.165) is 53.6 Å². The molecule has 5 heterocycles. The zero-order valence-electron chi connectivity index (χ0n) is 15.7. The minimum atomic E-state index is 0.0668. The third-order valence-electron chi connectivity index (χ3n) is 5.43. The zero-order chi connectivity index (χ0) is 19.1. The van der Waals surface area contributed by atoms with E-state index in [2.05, 4.69) is 15.1 Å². The Hall–Kier alpha value is -3.35. The van der Waals surface area contributed by atoms with Crippen molar-refractivity contribution >= 4 is 22.5 Å². The number of hydrogen-bond acceptors (Lipinski definition) is 4. The quantitative estimate of drug-likeness (QED) is 0.595. The topological polar surface area (TPSA) is 75.5 Å². The van der Waals surface area contributed by atoms with Crippen molar-refractivity contribution < 1.29 is 9.53 Å². The molecule has 142 valence electrons. The van der Waals surface area contributed by atoms with Crippen molar-refractivity contribution in [2.24, 2.45) is 0 Å². The van der Waals surface area contributed by atoms with Gasteiger partial charge < -0.3 is 14.6 Å². The maximum atomic E-state index is 13.0. The average Bonchev–Trinajstić information content (AvgIpc) is 3.37. The molecule has 1 aliphatic heterocycles. The lowest BCUT2D eigenvalue weighted by Crippen LogP contribution is -2.35. The van der Waals surface area contributed by atoms with Gasteiger partial charge in [-0.1, -0.05) is 0 Å². The van der Waals surface area contributed by atoms with E-state index in [-0.39, 0.29) is 5.91 Å². The minimum Gasteiger partial charge on any atom is -0.481 e. The predicted molar refractivity (Wildman–Crippen MR) is 107 cm³/mol. The number of aromatic nitrogens is 4. The molecule has 4 aromatic heterocycles. The number of fused-ring (bicyclic) bond motifs is 2. The largest absolute Gasteiger partial charge is 0.481 e. The predicted octanol–water partition coefficient (Wildman–Crippen LogP) is 3.51. The number of hydrogen-bond donors (Lipinski definition) is 1. The van der Waals surface area contributed by atoms with Crippen LogP contribution in [0.15, 0.2) is 42.9 Å². The first kappa shape index (κ1) is 16.8. The molecular weight excluding hydrogens is 354 g/mol. The molecule has 0 bridgehead atoms. The van der Waals surface area contributed by atoms with Crippen LogP contribution in [-0.4, -0.2) is 50.6 Å². The average molecular weight is 375 g/mol. The molecule has 1 fully saturated rings. The highest BCUT2D eigenvalue weighted by molar-refractivity contribution is 6.02. The van der Waals surface area contributed by atoms with Gasteiger partial charge in [-0.15, -0.1) is 0 Å². The van der Waals surface area contributed by atoms with Crippen LogP contribution in [0.25, 0.3) is 27.7 Å². The molecule has 0 radical (unpaired) electrons. The summed E-state index contributed by atoms with van der Waals surface area (Å²) < 4.78 is 6.96. The number of nitrogens with one attached hydrogen (secondary N) is 1. The van der Waals surface area contributed by atoms with Crippen molar-refractivity contribution in [2.45, 2.75) is 19.3 Å². The van der Waals surface area contributed by atoms with Crippen molar-refractivity contribution in [3.8, 4) is 17.0 Å². The van der Waals surface area contributed by atoms with Gasteiger partial charge in [0.1, 0.15) is 5.65 Å². The third kappa shape index (κ3) is 2.70. The van der Waals surface area contributed by atoms with Crippen molar-refractivity contribution in [3.05, 3.63) is 48.4 Å². The number of nitrogens with zero attached hydrogens (tertiary/aromatic N) is 4. The van der Waals surface area contributed by atoms with E-state index in [0.29, 0.717) is 11.4 Å². The summed E-state index contributed by atoms with van der Waals surface area (Å²) >= 11 is 0. The lowest BCUT2D eigenvalue weighted by Gasteiger charge is -2.26. The SMILES string of the molecule is COc1ccc2c(-c3ccn4ncc(C(=O)N5CCCCC5)c4c3)c[nH]c2n1. The summed E-state index contributed by atoms with van der Waals surface area (Å²) in [5.41, 5.74) is 4.30. The van der Waals surface area contributed by atoms with Crippen LogP contribution in [0, 0.1) is 0 Å². The van der Waals surface area contributed by atoms with E-state index >= 15 is 0 Å². The number of pyridine rings is 2. The Kier molecular flexibility index (Phi) is 4.00. The molecule has 1 N–H and O–H groups in total. The van der Waals surface area contributed by atoms with Crippen LogP contribution >= 0.6 is 0 Å². The maximum Gasteiger partial charge on any atom is 0.257 e. The maximum absolute atomic E-state index is 13.0. The van der Waals surface area contributed by atoms with Gasteiger partial charge in [-0.3, -0.25) is 4.79 Å². The van der Waals surface area contributed by atoms with Gasteiger partial charge in [0.05, 0.1) is 24.4 Å². The fourth-order valence-electron chi connectivity index (χ4n) is 3.92.